The quantitative estimate of drug-likeness (QED) is 0.736. The summed E-state index contributed by atoms with van der Waals surface area (Å²) in [6, 6.07) is 10.2. The smallest absolute Gasteiger partial charge is 0.270 e. The molecule has 1 fully saturated rings. The summed E-state index contributed by atoms with van der Waals surface area (Å²) in [5, 5.41) is 6.73. The highest BCUT2D eigenvalue weighted by atomic mass is 32.1. The van der Waals surface area contributed by atoms with E-state index in [2.05, 4.69) is 32.3 Å². The van der Waals surface area contributed by atoms with Crippen LogP contribution >= 0.6 is 11.3 Å². The van der Waals surface area contributed by atoms with Crippen molar-refractivity contribution in [1.29, 1.82) is 0 Å². The van der Waals surface area contributed by atoms with Crippen molar-refractivity contribution in [3.8, 4) is 10.7 Å². The minimum absolute atomic E-state index is 0.119. The lowest BCUT2D eigenvalue weighted by Crippen LogP contribution is -2.41. The number of hydrogen-bond donors (Lipinski definition) is 2. The summed E-state index contributed by atoms with van der Waals surface area (Å²) in [5.41, 5.74) is 2.49. The molecule has 6 nitrogen and oxygen atoms in total. The van der Waals surface area contributed by atoms with Gasteiger partial charge < -0.3 is 15.0 Å². The average molecular weight is 356 g/mol. The highest BCUT2D eigenvalue weighted by Gasteiger charge is 2.14. The summed E-state index contributed by atoms with van der Waals surface area (Å²) in [6.07, 6.45) is 0. The summed E-state index contributed by atoms with van der Waals surface area (Å²) in [4.78, 5) is 22.4. The number of H-pyrrole nitrogens is 1. The monoisotopic (exact) mass is 356 g/mol. The van der Waals surface area contributed by atoms with Crippen LogP contribution in [0.1, 0.15) is 10.5 Å². The number of nitrogens with one attached hydrogen (secondary N) is 2. The minimum atomic E-state index is -0.119. The average Bonchev–Trinajstić information content (AvgIpc) is 3.29. The molecule has 1 amide bonds. The highest BCUT2D eigenvalue weighted by Crippen LogP contribution is 2.26. The van der Waals surface area contributed by atoms with Gasteiger partial charge in [-0.2, -0.15) is 0 Å². The van der Waals surface area contributed by atoms with Gasteiger partial charge in [0.15, 0.2) is 0 Å². The number of thiazole rings is 1. The number of para-hydroxylation sites is 1. The SMILES string of the molecule is O=C(NCCN1CCOCC1)c1csc(-c2cc3ccccc3[nH]2)n1. The van der Waals surface area contributed by atoms with Crippen LogP contribution < -0.4 is 5.32 Å². The number of amides is 1. The molecule has 4 rings (SSSR count). The molecule has 1 aromatic carbocycles. The standard InChI is InChI=1S/C18H20N4O2S/c23-17(19-5-6-22-7-9-24-10-8-22)16-12-25-18(21-16)15-11-13-3-1-2-4-14(13)20-15/h1-4,11-12,20H,5-10H2,(H,19,23). The molecule has 1 saturated heterocycles. The Balaban J connectivity index is 1.37. The van der Waals surface area contributed by atoms with Gasteiger partial charge in [0, 0.05) is 42.5 Å². The Labute approximate surface area is 149 Å². The number of aromatic amines is 1. The molecule has 0 spiro atoms. The van der Waals surface area contributed by atoms with E-state index in [0.29, 0.717) is 12.2 Å². The highest BCUT2D eigenvalue weighted by molar-refractivity contribution is 7.13. The first-order chi connectivity index (χ1) is 12.3. The third kappa shape index (κ3) is 3.73. The van der Waals surface area contributed by atoms with E-state index in [4.69, 9.17) is 4.74 Å². The van der Waals surface area contributed by atoms with Gasteiger partial charge in [-0.1, -0.05) is 18.2 Å². The van der Waals surface area contributed by atoms with E-state index in [9.17, 15) is 4.79 Å². The van der Waals surface area contributed by atoms with Crippen molar-refractivity contribution < 1.29 is 9.53 Å². The maximum Gasteiger partial charge on any atom is 0.270 e. The minimum Gasteiger partial charge on any atom is -0.379 e. The molecule has 2 N–H and O–H groups in total. The first-order valence-corrected chi connectivity index (χ1v) is 9.29. The van der Waals surface area contributed by atoms with Crippen LogP contribution in [0.2, 0.25) is 0 Å². The van der Waals surface area contributed by atoms with Crippen LogP contribution in [0.3, 0.4) is 0 Å². The molecule has 1 aliphatic heterocycles. The molecule has 0 radical (unpaired) electrons. The van der Waals surface area contributed by atoms with Crippen molar-refractivity contribution in [1.82, 2.24) is 20.2 Å². The van der Waals surface area contributed by atoms with Gasteiger partial charge in [-0.3, -0.25) is 9.69 Å². The Morgan fingerprint density at radius 3 is 3.00 bits per heavy atom. The van der Waals surface area contributed by atoms with Crippen molar-refractivity contribution in [3.63, 3.8) is 0 Å². The molecular formula is C18H20N4O2S. The second-order valence-corrected chi connectivity index (χ2v) is 6.88. The van der Waals surface area contributed by atoms with E-state index in [1.807, 2.05) is 23.6 Å². The predicted octanol–water partition coefficient (Wildman–Crippen LogP) is 2.35. The van der Waals surface area contributed by atoms with Crippen LogP contribution in [-0.4, -0.2) is 60.2 Å². The fourth-order valence-electron chi connectivity index (χ4n) is 2.93. The third-order valence-electron chi connectivity index (χ3n) is 4.31. The number of aromatic nitrogens is 2. The van der Waals surface area contributed by atoms with Crippen LogP contribution in [0, 0.1) is 0 Å². The Bertz CT molecular complexity index is 834. The topological polar surface area (TPSA) is 70.2 Å². The number of ether oxygens (including phenoxy) is 1. The predicted molar refractivity (Wildman–Crippen MR) is 99.0 cm³/mol. The van der Waals surface area contributed by atoms with Gasteiger partial charge in [-0.15, -0.1) is 11.3 Å². The Morgan fingerprint density at radius 2 is 2.16 bits per heavy atom. The summed E-state index contributed by atoms with van der Waals surface area (Å²) in [6.45, 7) is 4.86. The summed E-state index contributed by atoms with van der Waals surface area (Å²) < 4.78 is 5.32. The molecule has 0 aliphatic carbocycles. The number of carbonyl (C=O) groups excluding carboxylic acids is 1. The van der Waals surface area contributed by atoms with Crippen LogP contribution in [0.4, 0.5) is 0 Å². The molecule has 0 saturated carbocycles. The number of rotatable bonds is 5. The first-order valence-electron chi connectivity index (χ1n) is 8.41. The van der Waals surface area contributed by atoms with Crippen molar-refractivity contribution in [3.05, 3.63) is 41.4 Å². The van der Waals surface area contributed by atoms with E-state index in [0.717, 1.165) is 54.5 Å². The van der Waals surface area contributed by atoms with Crippen LogP contribution in [0.5, 0.6) is 0 Å². The zero-order chi connectivity index (χ0) is 17.1. The van der Waals surface area contributed by atoms with E-state index >= 15 is 0 Å². The molecule has 0 unspecified atom stereocenters. The van der Waals surface area contributed by atoms with Crippen molar-refractivity contribution in [2.75, 3.05) is 39.4 Å². The van der Waals surface area contributed by atoms with Gasteiger partial charge in [-0.25, -0.2) is 4.98 Å². The van der Waals surface area contributed by atoms with Gasteiger partial charge in [-0.05, 0) is 12.1 Å². The fraction of sp³-hybridized carbons (Fsp3) is 0.333. The van der Waals surface area contributed by atoms with Crippen molar-refractivity contribution in [2.24, 2.45) is 0 Å². The van der Waals surface area contributed by atoms with Gasteiger partial charge in [0.2, 0.25) is 0 Å². The van der Waals surface area contributed by atoms with Crippen LogP contribution in [-0.2, 0) is 4.74 Å². The van der Waals surface area contributed by atoms with E-state index in [1.54, 1.807) is 0 Å². The zero-order valence-corrected chi connectivity index (χ0v) is 14.6. The lowest BCUT2D eigenvalue weighted by atomic mass is 10.2. The normalized spacial score (nSPS) is 15.5. The Morgan fingerprint density at radius 1 is 1.32 bits per heavy atom. The van der Waals surface area contributed by atoms with E-state index in [-0.39, 0.29) is 5.91 Å². The number of fused-ring (bicyclic) bond motifs is 1. The van der Waals surface area contributed by atoms with Crippen LogP contribution in [0.25, 0.3) is 21.6 Å². The van der Waals surface area contributed by atoms with E-state index in [1.165, 1.54) is 11.3 Å². The number of morpholine rings is 1. The Kier molecular flexibility index (Phi) is 4.78. The number of carbonyl (C=O) groups is 1. The van der Waals surface area contributed by atoms with Crippen molar-refractivity contribution >= 4 is 28.1 Å². The fourth-order valence-corrected chi connectivity index (χ4v) is 3.70. The maximum absolute atomic E-state index is 12.3. The van der Waals surface area contributed by atoms with Gasteiger partial charge in [0.25, 0.3) is 5.91 Å². The van der Waals surface area contributed by atoms with Crippen LogP contribution in [0.15, 0.2) is 35.7 Å². The second kappa shape index (κ2) is 7.35. The van der Waals surface area contributed by atoms with E-state index < -0.39 is 0 Å². The number of hydrogen-bond acceptors (Lipinski definition) is 5. The molecule has 7 heteroatoms. The molecule has 25 heavy (non-hydrogen) atoms. The number of nitrogens with zero attached hydrogens (tertiary/aromatic N) is 2. The summed E-state index contributed by atoms with van der Waals surface area (Å²) in [5.74, 6) is -0.119. The molecule has 3 aromatic rings. The molecule has 0 bridgehead atoms. The summed E-state index contributed by atoms with van der Waals surface area (Å²) in [7, 11) is 0. The largest absolute Gasteiger partial charge is 0.379 e. The zero-order valence-electron chi connectivity index (χ0n) is 13.8. The lowest BCUT2D eigenvalue weighted by molar-refractivity contribution is 0.0383. The molecule has 130 valence electrons. The van der Waals surface area contributed by atoms with Gasteiger partial charge in [0.05, 0.1) is 18.9 Å². The van der Waals surface area contributed by atoms with Crippen molar-refractivity contribution in [2.45, 2.75) is 0 Å². The molecule has 1 aliphatic rings. The Hall–Kier alpha value is -2.22. The lowest BCUT2D eigenvalue weighted by Gasteiger charge is -2.26. The molecular weight excluding hydrogens is 336 g/mol. The van der Waals surface area contributed by atoms with Gasteiger partial charge >= 0.3 is 0 Å². The molecule has 2 aromatic heterocycles. The number of benzene rings is 1. The van der Waals surface area contributed by atoms with Gasteiger partial charge in [0.1, 0.15) is 10.7 Å². The first kappa shape index (κ1) is 16.3. The maximum atomic E-state index is 12.3. The molecule has 3 heterocycles. The second-order valence-electron chi connectivity index (χ2n) is 6.02. The third-order valence-corrected chi connectivity index (χ3v) is 5.19. The summed E-state index contributed by atoms with van der Waals surface area (Å²) >= 11 is 1.48. The molecule has 0 atom stereocenters.